The van der Waals surface area contributed by atoms with E-state index in [1.54, 1.807) is 7.05 Å². The zero-order chi connectivity index (χ0) is 14.5. The standard InChI is InChI=1S/C13H23N5O2/c1-9(2)20-13-16-11(14-3)15-12(17-13)18-7-5-4-6-10(18)8-19/h9-10,19H,4-8H2,1-3H3,(H,14,15,16,17). The predicted octanol–water partition coefficient (Wildman–Crippen LogP) is 1.05. The van der Waals surface area contributed by atoms with Gasteiger partial charge in [0.15, 0.2) is 0 Å². The van der Waals surface area contributed by atoms with Crippen molar-refractivity contribution in [2.75, 3.05) is 30.4 Å². The molecule has 0 saturated carbocycles. The maximum absolute atomic E-state index is 9.50. The first-order valence-electron chi connectivity index (χ1n) is 7.12. The number of nitrogens with one attached hydrogen (secondary N) is 1. The zero-order valence-electron chi connectivity index (χ0n) is 12.3. The molecule has 1 aromatic rings. The molecule has 1 fully saturated rings. The van der Waals surface area contributed by atoms with Crippen LogP contribution in [0.5, 0.6) is 6.01 Å². The molecular formula is C13H23N5O2. The van der Waals surface area contributed by atoms with Gasteiger partial charge in [0.2, 0.25) is 11.9 Å². The van der Waals surface area contributed by atoms with Gasteiger partial charge in [0.05, 0.1) is 18.8 Å². The number of ether oxygens (including phenoxy) is 1. The predicted molar refractivity (Wildman–Crippen MR) is 77.2 cm³/mol. The van der Waals surface area contributed by atoms with E-state index in [1.165, 1.54) is 0 Å². The highest BCUT2D eigenvalue weighted by Crippen LogP contribution is 2.23. The molecule has 2 rings (SSSR count). The Morgan fingerprint density at radius 1 is 1.35 bits per heavy atom. The van der Waals surface area contributed by atoms with Gasteiger partial charge in [-0.2, -0.15) is 15.0 Å². The number of rotatable bonds is 5. The van der Waals surface area contributed by atoms with Gasteiger partial charge in [-0.05, 0) is 33.1 Å². The summed E-state index contributed by atoms with van der Waals surface area (Å²) in [5.74, 6) is 1.05. The fraction of sp³-hybridized carbons (Fsp3) is 0.769. The Labute approximate surface area is 119 Å². The number of aliphatic hydroxyl groups is 1. The number of hydrogen-bond acceptors (Lipinski definition) is 7. The molecule has 0 aromatic carbocycles. The largest absolute Gasteiger partial charge is 0.461 e. The van der Waals surface area contributed by atoms with Crippen molar-refractivity contribution in [3.63, 3.8) is 0 Å². The van der Waals surface area contributed by atoms with Crippen molar-refractivity contribution < 1.29 is 9.84 Å². The van der Waals surface area contributed by atoms with Gasteiger partial charge in [0, 0.05) is 13.6 Å². The highest BCUT2D eigenvalue weighted by molar-refractivity contribution is 5.39. The molecule has 1 saturated heterocycles. The van der Waals surface area contributed by atoms with Crippen molar-refractivity contribution >= 4 is 11.9 Å². The summed E-state index contributed by atoms with van der Waals surface area (Å²) >= 11 is 0. The van der Waals surface area contributed by atoms with Crippen LogP contribution >= 0.6 is 0 Å². The SMILES string of the molecule is CNc1nc(OC(C)C)nc(N2CCCCC2CO)n1. The van der Waals surface area contributed by atoms with Crippen LogP contribution in [-0.4, -0.2) is 52.4 Å². The Morgan fingerprint density at radius 2 is 2.15 bits per heavy atom. The van der Waals surface area contributed by atoms with E-state index in [9.17, 15) is 5.11 Å². The van der Waals surface area contributed by atoms with Crippen LogP contribution < -0.4 is 15.0 Å². The van der Waals surface area contributed by atoms with Crippen LogP contribution in [0.15, 0.2) is 0 Å². The van der Waals surface area contributed by atoms with Crippen LogP contribution in [0.25, 0.3) is 0 Å². The molecule has 1 aromatic heterocycles. The second kappa shape index (κ2) is 6.69. The van der Waals surface area contributed by atoms with E-state index in [2.05, 4.69) is 20.3 Å². The minimum absolute atomic E-state index is 0.00458. The third-order valence-electron chi connectivity index (χ3n) is 3.26. The number of hydrogen-bond donors (Lipinski definition) is 2. The monoisotopic (exact) mass is 281 g/mol. The highest BCUT2D eigenvalue weighted by Gasteiger charge is 2.25. The van der Waals surface area contributed by atoms with Gasteiger partial charge in [-0.1, -0.05) is 0 Å². The van der Waals surface area contributed by atoms with Crippen LogP contribution in [0.4, 0.5) is 11.9 Å². The van der Waals surface area contributed by atoms with Gasteiger partial charge in [-0.25, -0.2) is 0 Å². The number of anilines is 2. The van der Waals surface area contributed by atoms with Gasteiger partial charge in [-0.3, -0.25) is 0 Å². The molecule has 1 aliphatic rings. The first-order chi connectivity index (χ1) is 9.63. The second-order valence-corrected chi connectivity index (χ2v) is 5.18. The minimum atomic E-state index is 0.00458. The van der Waals surface area contributed by atoms with Crippen LogP contribution in [-0.2, 0) is 0 Å². The number of nitrogens with zero attached hydrogens (tertiary/aromatic N) is 4. The van der Waals surface area contributed by atoms with Crippen LogP contribution in [0.3, 0.4) is 0 Å². The average molecular weight is 281 g/mol. The molecule has 1 unspecified atom stereocenters. The Kier molecular flexibility index (Phi) is 4.94. The van der Waals surface area contributed by atoms with Crippen molar-refractivity contribution in [3.8, 4) is 6.01 Å². The Hall–Kier alpha value is -1.63. The van der Waals surface area contributed by atoms with Gasteiger partial charge in [0.1, 0.15) is 0 Å². The molecule has 2 heterocycles. The molecule has 2 N–H and O–H groups in total. The van der Waals surface area contributed by atoms with Crippen molar-refractivity contribution in [1.82, 2.24) is 15.0 Å². The average Bonchev–Trinajstić information content (AvgIpc) is 2.46. The quantitative estimate of drug-likeness (QED) is 0.834. The Morgan fingerprint density at radius 3 is 2.80 bits per heavy atom. The lowest BCUT2D eigenvalue weighted by Gasteiger charge is -2.34. The van der Waals surface area contributed by atoms with E-state index in [1.807, 2.05) is 18.7 Å². The van der Waals surface area contributed by atoms with E-state index in [4.69, 9.17) is 4.74 Å². The normalized spacial score (nSPS) is 19.2. The maximum Gasteiger partial charge on any atom is 0.323 e. The fourth-order valence-corrected chi connectivity index (χ4v) is 2.30. The molecule has 20 heavy (non-hydrogen) atoms. The van der Waals surface area contributed by atoms with Crippen LogP contribution in [0.2, 0.25) is 0 Å². The van der Waals surface area contributed by atoms with Crippen LogP contribution in [0.1, 0.15) is 33.1 Å². The maximum atomic E-state index is 9.50. The summed E-state index contributed by atoms with van der Waals surface area (Å²) in [6, 6.07) is 0.388. The smallest absolute Gasteiger partial charge is 0.323 e. The molecule has 0 amide bonds. The molecular weight excluding hydrogens is 258 g/mol. The van der Waals surface area contributed by atoms with E-state index in [-0.39, 0.29) is 18.8 Å². The van der Waals surface area contributed by atoms with Crippen molar-refractivity contribution in [2.45, 2.75) is 45.3 Å². The van der Waals surface area contributed by atoms with Gasteiger partial charge < -0.3 is 20.1 Å². The molecule has 7 nitrogen and oxygen atoms in total. The highest BCUT2D eigenvalue weighted by atomic mass is 16.5. The lowest BCUT2D eigenvalue weighted by molar-refractivity contribution is 0.219. The Bertz CT molecular complexity index is 441. The van der Waals surface area contributed by atoms with E-state index >= 15 is 0 Å². The van der Waals surface area contributed by atoms with Crippen molar-refractivity contribution in [3.05, 3.63) is 0 Å². The van der Waals surface area contributed by atoms with Crippen LogP contribution in [0, 0.1) is 0 Å². The Balaban J connectivity index is 2.28. The molecule has 1 aliphatic heterocycles. The topological polar surface area (TPSA) is 83.4 Å². The zero-order valence-corrected chi connectivity index (χ0v) is 12.3. The molecule has 1 atom stereocenters. The summed E-state index contributed by atoms with van der Waals surface area (Å²) in [5.41, 5.74) is 0. The summed E-state index contributed by atoms with van der Waals surface area (Å²) in [5, 5.41) is 12.4. The molecule has 0 radical (unpaired) electrons. The number of aliphatic hydroxyl groups excluding tert-OH is 1. The van der Waals surface area contributed by atoms with Gasteiger partial charge >= 0.3 is 6.01 Å². The molecule has 0 spiro atoms. The summed E-state index contributed by atoms with van der Waals surface area (Å²) in [7, 11) is 1.76. The second-order valence-electron chi connectivity index (χ2n) is 5.18. The van der Waals surface area contributed by atoms with Crippen molar-refractivity contribution in [2.24, 2.45) is 0 Å². The lowest BCUT2D eigenvalue weighted by Crippen LogP contribution is -2.43. The first kappa shape index (κ1) is 14.8. The lowest BCUT2D eigenvalue weighted by atomic mass is 10.0. The summed E-state index contributed by atoms with van der Waals surface area (Å²) in [6.07, 6.45) is 3.17. The van der Waals surface area contributed by atoms with E-state index in [0.717, 1.165) is 25.8 Å². The first-order valence-corrected chi connectivity index (χ1v) is 7.12. The fourth-order valence-electron chi connectivity index (χ4n) is 2.30. The van der Waals surface area contributed by atoms with E-state index in [0.29, 0.717) is 17.9 Å². The molecule has 112 valence electrons. The summed E-state index contributed by atoms with van der Waals surface area (Å²) in [6.45, 7) is 4.82. The minimum Gasteiger partial charge on any atom is -0.461 e. The molecule has 0 bridgehead atoms. The summed E-state index contributed by atoms with van der Waals surface area (Å²) in [4.78, 5) is 15.0. The molecule has 7 heteroatoms. The van der Waals surface area contributed by atoms with Gasteiger partial charge in [-0.15, -0.1) is 0 Å². The third-order valence-corrected chi connectivity index (χ3v) is 3.26. The third kappa shape index (κ3) is 3.47. The summed E-state index contributed by atoms with van der Waals surface area (Å²) < 4.78 is 5.57. The van der Waals surface area contributed by atoms with Gasteiger partial charge in [0.25, 0.3) is 0 Å². The van der Waals surface area contributed by atoms with Crippen molar-refractivity contribution in [1.29, 1.82) is 0 Å². The number of piperidine rings is 1. The van der Waals surface area contributed by atoms with E-state index < -0.39 is 0 Å². The molecule has 0 aliphatic carbocycles. The number of aromatic nitrogens is 3.